The fourth-order valence-electron chi connectivity index (χ4n) is 3.61. The van der Waals surface area contributed by atoms with Crippen molar-refractivity contribution in [1.82, 2.24) is 0 Å². The molecule has 0 saturated carbocycles. The van der Waals surface area contributed by atoms with E-state index in [4.69, 9.17) is 0 Å². The summed E-state index contributed by atoms with van der Waals surface area (Å²) < 4.78 is 2.32. The molecule has 0 saturated heterocycles. The number of anilines is 1. The van der Waals surface area contributed by atoms with Crippen molar-refractivity contribution < 1.29 is 17.0 Å². The van der Waals surface area contributed by atoms with Gasteiger partial charge in [0, 0.05) is 30.1 Å². The Kier molecular flexibility index (Phi) is 5.43. The predicted octanol–water partition coefficient (Wildman–Crippen LogP) is 2.05. The lowest BCUT2D eigenvalue weighted by molar-refractivity contribution is -0.693. The van der Waals surface area contributed by atoms with Gasteiger partial charge in [-0.3, -0.25) is 0 Å². The molecule has 3 heteroatoms. The van der Waals surface area contributed by atoms with E-state index >= 15 is 0 Å². The van der Waals surface area contributed by atoms with Crippen LogP contribution in [-0.2, 0) is 6.54 Å². The van der Waals surface area contributed by atoms with E-state index in [-0.39, 0.29) is 12.4 Å². The number of halogens is 1. The van der Waals surface area contributed by atoms with Crippen molar-refractivity contribution in [3.05, 3.63) is 83.8 Å². The van der Waals surface area contributed by atoms with E-state index in [0.29, 0.717) is 0 Å². The molecular formula is C23H23ClN2. The Morgan fingerprint density at radius 2 is 1.69 bits per heavy atom. The number of fused-ring (bicyclic) bond motifs is 2. The number of hydrogen-bond acceptors (Lipinski definition) is 1. The smallest absolute Gasteiger partial charge is 0.215 e. The van der Waals surface area contributed by atoms with Gasteiger partial charge in [0.2, 0.25) is 5.69 Å². The molecule has 0 amide bonds. The van der Waals surface area contributed by atoms with Crippen LogP contribution in [0.4, 0.5) is 5.69 Å². The van der Waals surface area contributed by atoms with E-state index in [9.17, 15) is 0 Å². The maximum atomic E-state index is 2.39. The first-order valence-electron chi connectivity index (χ1n) is 8.99. The van der Waals surface area contributed by atoms with Gasteiger partial charge in [-0.25, -0.2) is 0 Å². The number of hydrogen-bond donors (Lipinski definition) is 0. The van der Waals surface area contributed by atoms with Crippen molar-refractivity contribution in [3.8, 4) is 0 Å². The molecule has 1 aliphatic heterocycles. The number of rotatable bonds is 3. The first-order valence-corrected chi connectivity index (χ1v) is 8.99. The number of aromatic nitrogens is 1. The number of likely N-dealkylation sites (N-methyl/N-ethyl adjacent to an activating group) is 1. The molecule has 26 heavy (non-hydrogen) atoms. The van der Waals surface area contributed by atoms with E-state index in [1.807, 2.05) is 0 Å². The van der Waals surface area contributed by atoms with Crippen LogP contribution in [0.5, 0.6) is 0 Å². The van der Waals surface area contributed by atoms with Gasteiger partial charge >= 0.3 is 0 Å². The molecule has 132 valence electrons. The second-order valence-corrected chi connectivity index (χ2v) is 6.28. The topological polar surface area (TPSA) is 7.12 Å². The number of nitrogens with zero attached hydrogens (tertiary/aromatic N) is 2. The fourth-order valence-corrected chi connectivity index (χ4v) is 3.61. The molecule has 4 rings (SSSR count). The van der Waals surface area contributed by atoms with Gasteiger partial charge < -0.3 is 17.3 Å². The highest BCUT2D eigenvalue weighted by molar-refractivity contribution is 5.89. The number of para-hydroxylation sites is 1. The third-order valence-corrected chi connectivity index (χ3v) is 4.89. The third kappa shape index (κ3) is 3.13. The Balaban J connectivity index is 0.00000196. The Bertz CT molecular complexity index is 988. The Hall–Kier alpha value is -2.58. The SMILES string of the molecule is CCN1/C(=C/c2c3ccccc3cc[n+]2CC)C=Cc2ccccc21.[Cl-]. The zero-order valence-electron chi connectivity index (χ0n) is 15.2. The number of aryl methyl sites for hydroxylation is 1. The average Bonchev–Trinajstić information content (AvgIpc) is 2.68. The fraction of sp³-hybridized carbons (Fsp3) is 0.174. The van der Waals surface area contributed by atoms with E-state index in [2.05, 4.69) is 102 Å². The summed E-state index contributed by atoms with van der Waals surface area (Å²) >= 11 is 0. The monoisotopic (exact) mass is 362 g/mol. The van der Waals surface area contributed by atoms with Crippen LogP contribution in [0.3, 0.4) is 0 Å². The highest BCUT2D eigenvalue weighted by atomic mass is 35.5. The van der Waals surface area contributed by atoms with Gasteiger partial charge in [0.15, 0.2) is 6.20 Å². The first-order chi connectivity index (χ1) is 12.3. The van der Waals surface area contributed by atoms with Crippen molar-refractivity contribution in [2.24, 2.45) is 0 Å². The van der Waals surface area contributed by atoms with Crippen LogP contribution in [-0.4, -0.2) is 6.54 Å². The second kappa shape index (κ2) is 7.76. The van der Waals surface area contributed by atoms with Crippen LogP contribution in [0.1, 0.15) is 25.1 Å². The molecule has 0 bridgehead atoms. The van der Waals surface area contributed by atoms with Gasteiger partial charge in [0.05, 0.1) is 5.39 Å². The van der Waals surface area contributed by atoms with E-state index in [1.165, 1.54) is 33.4 Å². The van der Waals surface area contributed by atoms with Crippen LogP contribution >= 0.6 is 0 Å². The molecular weight excluding hydrogens is 340 g/mol. The van der Waals surface area contributed by atoms with Crippen molar-refractivity contribution in [1.29, 1.82) is 0 Å². The van der Waals surface area contributed by atoms with Gasteiger partial charge in [0.1, 0.15) is 6.54 Å². The summed E-state index contributed by atoms with van der Waals surface area (Å²) in [6.07, 6.45) is 8.95. The Morgan fingerprint density at radius 3 is 2.50 bits per heavy atom. The quantitative estimate of drug-likeness (QED) is 0.647. The third-order valence-electron chi connectivity index (χ3n) is 4.89. The van der Waals surface area contributed by atoms with Crippen molar-refractivity contribution in [2.45, 2.75) is 20.4 Å². The first kappa shape index (κ1) is 18.2. The average molecular weight is 363 g/mol. The summed E-state index contributed by atoms with van der Waals surface area (Å²) in [6.45, 7) is 6.31. The molecule has 2 aromatic carbocycles. The molecule has 1 aromatic heterocycles. The lowest BCUT2D eigenvalue weighted by Gasteiger charge is -2.29. The van der Waals surface area contributed by atoms with Crippen LogP contribution in [0.15, 0.2) is 72.6 Å². The molecule has 2 nitrogen and oxygen atoms in total. The summed E-state index contributed by atoms with van der Waals surface area (Å²) in [6, 6.07) is 19.4. The lowest BCUT2D eigenvalue weighted by atomic mass is 10.0. The van der Waals surface area contributed by atoms with Crippen LogP contribution < -0.4 is 21.9 Å². The maximum Gasteiger partial charge on any atom is 0.215 e. The van der Waals surface area contributed by atoms with Gasteiger partial charge in [-0.15, -0.1) is 0 Å². The zero-order chi connectivity index (χ0) is 17.2. The Morgan fingerprint density at radius 1 is 0.923 bits per heavy atom. The lowest BCUT2D eigenvalue weighted by Crippen LogP contribution is -3.00. The molecule has 0 spiro atoms. The number of pyridine rings is 1. The van der Waals surface area contributed by atoms with E-state index < -0.39 is 0 Å². The number of allylic oxidation sites excluding steroid dienone is 1. The van der Waals surface area contributed by atoms with Crippen molar-refractivity contribution in [3.63, 3.8) is 0 Å². The van der Waals surface area contributed by atoms with E-state index in [1.54, 1.807) is 0 Å². The van der Waals surface area contributed by atoms with Crippen molar-refractivity contribution in [2.75, 3.05) is 11.4 Å². The van der Waals surface area contributed by atoms with Gasteiger partial charge in [-0.1, -0.05) is 42.5 Å². The summed E-state index contributed by atoms with van der Waals surface area (Å²) in [4.78, 5) is 2.39. The minimum absolute atomic E-state index is 0. The predicted molar refractivity (Wildman–Crippen MR) is 106 cm³/mol. The maximum absolute atomic E-state index is 2.39. The summed E-state index contributed by atoms with van der Waals surface area (Å²) in [5.74, 6) is 0. The van der Waals surface area contributed by atoms with Crippen molar-refractivity contribution >= 4 is 28.6 Å². The number of benzene rings is 2. The highest BCUT2D eigenvalue weighted by Gasteiger charge is 2.18. The standard InChI is InChI=1S/C23H23N2.ClH/c1-3-24-16-15-18-9-5-7-11-21(18)23(24)17-20-14-13-19-10-6-8-12-22(19)25(20)4-2;/h5-17H,3-4H2,1-2H3;1H/q+1;/p-1. The van der Waals surface area contributed by atoms with Gasteiger partial charge in [-0.05, 0) is 43.0 Å². The zero-order valence-corrected chi connectivity index (χ0v) is 15.9. The van der Waals surface area contributed by atoms with Crippen LogP contribution in [0.25, 0.3) is 22.9 Å². The molecule has 3 aromatic rings. The van der Waals surface area contributed by atoms with Gasteiger partial charge in [0.25, 0.3) is 0 Å². The molecule has 0 radical (unpaired) electrons. The molecule has 0 aliphatic carbocycles. The summed E-state index contributed by atoms with van der Waals surface area (Å²) in [5.41, 5.74) is 5.06. The molecule has 1 aliphatic rings. The van der Waals surface area contributed by atoms with E-state index in [0.717, 1.165) is 13.1 Å². The molecule has 0 unspecified atom stereocenters. The minimum atomic E-state index is 0. The summed E-state index contributed by atoms with van der Waals surface area (Å²) in [5, 5.41) is 2.57. The molecule has 0 atom stereocenters. The van der Waals surface area contributed by atoms with Gasteiger partial charge in [-0.2, -0.15) is 4.57 Å². The molecule has 2 heterocycles. The van der Waals surface area contributed by atoms with Crippen LogP contribution in [0.2, 0.25) is 0 Å². The highest BCUT2D eigenvalue weighted by Crippen LogP contribution is 2.31. The summed E-state index contributed by atoms with van der Waals surface area (Å²) in [7, 11) is 0. The second-order valence-electron chi connectivity index (χ2n) is 6.28. The minimum Gasteiger partial charge on any atom is -1.00 e. The Labute approximate surface area is 161 Å². The molecule has 0 N–H and O–H groups in total. The molecule has 0 fully saturated rings. The normalized spacial score (nSPS) is 14.4. The van der Waals surface area contributed by atoms with Crippen LogP contribution in [0, 0.1) is 0 Å². The largest absolute Gasteiger partial charge is 1.00 e.